The number of rotatable bonds is 5. The summed E-state index contributed by atoms with van der Waals surface area (Å²) in [6.45, 7) is 4.12. The van der Waals surface area contributed by atoms with Crippen LogP contribution in [-0.4, -0.2) is 25.0 Å². The van der Waals surface area contributed by atoms with Gasteiger partial charge in [-0.05, 0) is 37.6 Å². The Morgan fingerprint density at radius 2 is 2.10 bits per heavy atom. The van der Waals surface area contributed by atoms with Crippen molar-refractivity contribution < 1.29 is 4.42 Å². The van der Waals surface area contributed by atoms with Crippen LogP contribution in [0.2, 0.25) is 0 Å². The van der Waals surface area contributed by atoms with Crippen LogP contribution in [0.25, 0.3) is 0 Å². The van der Waals surface area contributed by atoms with E-state index in [0.29, 0.717) is 5.92 Å². The summed E-state index contributed by atoms with van der Waals surface area (Å²) >= 11 is 0. The molecule has 1 unspecified atom stereocenters. The Hall–Kier alpha value is -1.58. The molecular formula is C17H22N2O. The first-order chi connectivity index (χ1) is 9.86. The highest BCUT2D eigenvalue weighted by Gasteiger charge is 2.24. The highest BCUT2D eigenvalue weighted by molar-refractivity contribution is 5.22. The van der Waals surface area contributed by atoms with Crippen LogP contribution in [0, 0.1) is 0 Å². The summed E-state index contributed by atoms with van der Waals surface area (Å²) in [5.41, 5.74) is 2.78. The molecule has 0 spiro atoms. The monoisotopic (exact) mass is 270 g/mol. The molecule has 1 aromatic heterocycles. The number of hydrogen-bond acceptors (Lipinski definition) is 3. The van der Waals surface area contributed by atoms with Gasteiger partial charge in [0.2, 0.25) is 0 Å². The summed E-state index contributed by atoms with van der Waals surface area (Å²) in [4.78, 5) is 2.53. The summed E-state index contributed by atoms with van der Waals surface area (Å²) in [5, 5.41) is 3.16. The third-order valence-electron chi connectivity index (χ3n) is 4.11. The minimum atomic E-state index is 0.677. The van der Waals surface area contributed by atoms with Gasteiger partial charge in [-0.2, -0.15) is 0 Å². The molecule has 1 aliphatic heterocycles. The molecule has 1 saturated heterocycles. The molecular weight excluding hydrogens is 248 g/mol. The second-order valence-electron chi connectivity index (χ2n) is 5.53. The van der Waals surface area contributed by atoms with Gasteiger partial charge in [0, 0.05) is 18.7 Å². The van der Waals surface area contributed by atoms with E-state index in [1.54, 1.807) is 6.26 Å². The quantitative estimate of drug-likeness (QED) is 0.905. The number of hydrogen-bond donors (Lipinski definition) is 1. The van der Waals surface area contributed by atoms with Gasteiger partial charge in [0.1, 0.15) is 5.76 Å². The molecule has 0 saturated carbocycles. The van der Waals surface area contributed by atoms with Crippen molar-refractivity contribution in [2.75, 3.05) is 20.1 Å². The molecule has 0 radical (unpaired) electrons. The molecule has 1 fully saturated rings. The number of furan rings is 1. The van der Waals surface area contributed by atoms with Gasteiger partial charge in [0.05, 0.1) is 12.8 Å². The van der Waals surface area contributed by atoms with Gasteiger partial charge in [-0.1, -0.05) is 30.3 Å². The maximum absolute atomic E-state index is 5.54. The van der Waals surface area contributed by atoms with Crippen LogP contribution in [0.4, 0.5) is 0 Å². The molecule has 106 valence electrons. The van der Waals surface area contributed by atoms with Crippen molar-refractivity contribution in [3.8, 4) is 0 Å². The molecule has 2 heterocycles. The third kappa shape index (κ3) is 2.94. The Labute approximate surface area is 120 Å². The van der Waals surface area contributed by atoms with Gasteiger partial charge in [-0.3, -0.25) is 4.90 Å². The fourth-order valence-corrected chi connectivity index (χ4v) is 3.04. The van der Waals surface area contributed by atoms with E-state index in [0.717, 1.165) is 25.4 Å². The predicted octanol–water partition coefficient (Wildman–Crippen LogP) is 2.99. The smallest absolute Gasteiger partial charge is 0.122 e. The van der Waals surface area contributed by atoms with E-state index in [1.807, 2.05) is 7.05 Å². The van der Waals surface area contributed by atoms with E-state index in [-0.39, 0.29) is 0 Å². The van der Waals surface area contributed by atoms with Crippen LogP contribution in [0.1, 0.15) is 29.2 Å². The second-order valence-corrected chi connectivity index (χ2v) is 5.53. The lowest BCUT2D eigenvalue weighted by molar-refractivity contribution is 0.322. The van der Waals surface area contributed by atoms with Crippen molar-refractivity contribution in [2.24, 2.45) is 0 Å². The Morgan fingerprint density at radius 1 is 1.25 bits per heavy atom. The number of nitrogens with one attached hydrogen (secondary N) is 1. The topological polar surface area (TPSA) is 28.4 Å². The Balaban J connectivity index is 1.62. The maximum atomic E-state index is 5.54. The number of likely N-dealkylation sites (tertiary alicyclic amines) is 1. The first kappa shape index (κ1) is 13.4. The largest absolute Gasteiger partial charge is 0.468 e. The summed E-state index contributed by atoms with van der Waals surface area (Å²) in [6.07, 6.45) is 3.05. The lowest BCUT2D eigenvalue weighted by Gasteiger charge is -2.16. The molecule has 0 amide bonds. The zero-order chi connectivity index (χ0) is 13.8. The van der Waals surface area contributed by atoms with Gasteiger partial charge >= 0.3 is 0 Å². The average molecular weight is 270 g/mol. The highest BCUT2D eigenvalue weighted by atomic mass is 16.3. The van der Waals surface area contributed by atoms with Crippen molar-refractivity contribution >= 4 is 0 Å². The van der Waals surface area contributed by atoms with Crippen LogP contribution in [0.15, 0.2) is 47.1 Å². The SMILES string of the molecule is CNCc1occc1CN1CCC(c2ccccc2)C1. The Morgan fingerprint density at radius 3 is 2.90 bits per heavy atom. The minimum absolute atomic E-state index is 0.677. The Kier molecular flexibility index (Phi) is 4.19. The van der Waals surface area contributed by atoms with E-state index in [1.165, 1.54) is 24.1 Å². The van der Waals surface area contributed by atoms with Crippen LogP contribution in [0.3, 0.4) is 0 Å². The van der Waals surface area contributed by atoms with Crippen molar-refractivity contribution in [3.63, 3.8) is 0 Å². The highest BCUT2D eigenvalue weighted by Crippen LogP contribution is 2.28. The number of nitrogens with zero attached hydrogens (tertiary/aromatic N) is 1. The van der Waals surface area contributed by atoms with Crippen LogP contribution < -0.4 is 5.32 Å². The lowest BCUT2D eigenvalue weighted by atomic mass is 9.99. The van der Waals surface area contributed by atoms with Crippen molar-refractivity contribution in [1.29, 1.82) is 0 Å². The molecule has 3 rings (SSSR count). The van der Waals surface area contributed by atoms with Crippen molar-refractivity contribution in [2.45, 2.75) is 25.4 Å². The van der Waals surface area contributed by atoms with Gasteiger partial charge < -0.3 is 9.73 Å². The molecule has 20 heavy (non-hydrogen) atoms. The zero-order valence-corrected chi connectivity index (χ0v) is 12.0. The standard InChI is InChI=1S/C17H22N2O/c1-18-11-17-16(8-10-20-17)13-19-9-7-15(12-19)14-5-3-2-4-6-14/h2-6,8,10,15,18H,7,9,11-13H2,1H3. The van der Waals surface area contributed by atoms with E-state index < -0.39 is 0 Å². The molecule has 3 nitrogen and oxygen atoms in total. The van der Waals surface area contributed by atoms with Gasteiger partial charge in [0.25, 0.3) is 0 Å². The summed E-state index contributed by atoms with van der Waals surface area (Å²) in [5.74, 6) is 1.74. The molecule has 3 heteroatoms. The first-order valence-corrected chi connectivity index (χ1v) is 7.34. The van der Waals surface area contributed by atoms with E-state index in [2.05, 4.69) is 46.6 Å². The van der Waals surface area contributed by atoms with Crippen LogP contribution >= 0.6 is 0 Å². The van der Waals surface area contributed by atoms with Crippen molar-refractivity contribution in [1.82, 2.24) is 10.2 Å². The molecule has 1 aliphatic rings. The second kappa shape index (κ2) is 6.25. The van der Waals surface area contributed by atoms with E-state index in [4.69, 9.17) is 4.42 Å². The van der Waals surface area contributed by atoms with E-state index in [9.17, 15) is 0 Å². The summed E-state index contributed by atoms with van der Waals surface area (Å²) in [6, 6.07) is 13.0. The van der Waals surface area contributed by atoms with E-state index >= 15 is 0 Å². The zero-order valence-electron chi connectivity index (χ0n) is 12.0. The normalized spacial score (nSPS) is 19.6. The summed E-state index contributed by atoms with van der Waals surface area (Å²) in [7, 11) is 1.95. The number of benzene rings is 1. The lowest BCUT2D eigenvalue weighted by Crippen LogP contribution is -2.20. The van der Waals surface area contributed by atoms with Gasteiger partial charge in [-0.15, -0.1) is 0 Å². The van der Waals surface area contributed by atoms with Crippen LogP contribution in [-0.2, 0) is 13.1 Å². The molecule has 0 aliphatic carbocycles. The molecule has 1 atom stereocenters. The first-order valence-electron chi connectivity index (χ1n) is 7.34. The third-order valence-corrected chi connectivity index (χ3v) is 4.11. The molecule has 1 N–H and O–H groups in total. The molecule has 0 bridgehead atoms. The van der Waals surface area contributed by atoms with Crippen molar-refractivity contribution in [3.05, 3.63) is 59.5 Å². The van der Waals surface area contributed by atoms with Gasteiger partial charge in [-0.25, -0.2) is 0 Å². The minimum Gasteiger partial charge on any atom is -0.468 e. The fourth-order valence-electron chi connectivity index (χ4n) is 3.04. The Bertz CT molecular complexity index is 535. The van der Waals surface area contributed by atoms with Gasteiger partial charge in [0.15, 0.2) is 0 Å². The molecule has 2 aromatic rings. The molecule has 1 aromatic carbocycles. The predicted molar refractivity (Wildman–Crippen MR) is 80.5 cm³/mol. The average Bonchev–Trinajstić information content (AvgIpc) is 3.11. The fraction of sp³-hybridized carbons (Fsp3) is 0.412. The maximum Gasteiger partial charge on any atom is 0.122 e. The summed E-state index contributed by atoms with van der Waals surface area (Å²) < 4.78 is 5.54. The van der Waals surface area contributed by atoms with Crippen LogP contribution in [0.5, 0.6) is 0 Å².